The molecule has 1 aromatic carbocycles. The number of benzene rings is 1. The van der Waals surface area contributed by atoms with Crippen molar-refractivity contribution in [3.63, 3.8) is 0 Å². The number of rotatable bonds is 5. The lowest BCUT2D eigenvalue weighted by molar-refractivity contribution is 0.0963. The second kappa shape index (κ2) is 9.33. The molecule has 0 spiro atoms. The van der Waals surface area contributed by atoms with E-state index in [0.29, 0.717) is 33.2 Å². The Labute approximate surface area is 210 Å². The molecule has 0 N–H and O–H groups in total. The summed E-state index contributed by atoms with van der Waals surface area (Å²) in [6.45, 7) is 11.0. The van der Waals surface area contributed by atoms with E-state index >= 15 is 0 Å². The van der Waals surface area contributed by atoms with E-state index in [1.807, 2.05) is 13.0 Å². The fourth-order valence-electron chi connectivity index (χ4n) is 5.26. The Morgan fingerprint density at radius 3 is 2.62 bits per heavy atom. The van der Waals surface area contributed by atoms with Gasteiger partial charge in [-0.05, 0) is 69.7 Å². The van der Waals surface area contributed by atoms with Crippen molar-refractivity contribution >= 4 is 40.2 Å². The van der Waals surface area contributed by atoms with E-state index in [9.17, 15) is 5.26 Å². The lowest BCUT2D eigenvalue weighted by atomic mass is 9.80. The molecule has 2 saturated heterocycles. The monoisotopic (exact) mass is 497 g/mol. The Hall–Kier alpha value is -2.40. The molecule has 5 rings (SSSR count). The van der Waals surface area contributed by atoms with E-state index in [0.717, 1.165) is 30.4 Å². The van der Waals surface area contributed by atoms with Crippen LogP contribution in [0.15, 0.2) is 24.4 Å². The van der Waals surface area contributed by atoms with Gasteiger partial charge in [-0.1, -0.05) is 29.3 Å². The van der Waals surface area contributed by atoms with Gasteiger partial charge in [-0.2, -0.15) is 10.4 Å². The predicted octanol–water partition coefficient (Wildman–Crippen LogP) is 5.17. The van der Waals surface area contributed by atoms with Gasteiger partial charge in [0.2, 0.25) is 0 Å². The molecule has 2 aliphatic heterocycles. The Kier molecular flexibility index (Phi) is 6.41. The molecule has 0 radical (unpaired) electrons. The molecule has 0 aliphatic carbocycles. The van der Waals surface area contributed by atoms with Crippen LogP contribution in [-0.4, -0.2) is 56.9 Å². The van der Waals surface area contributed by atoms with Crippen molar-refractivity contribution in [1.82, 2.24) is 24.6 Å². The minimum atomic E-state index is -0.229. The van der Waals surface area contributed by atoms with Crippen LogP contribution in [0.2, 0.25) is 10.0 Å². The summed E-state index contributed by atoms with van der Waals surface area (Å²) in [5, 5.41) is 15.3. The van der Waals surface area contributed by atoms with E-state index in [4.69, 9.17) is 28.2 Å². The van der Waals surface area contributed by atoms with Crippen LogP contribution < -0.4 is 4.90 Å². The number of nitrogens with zero attached hydrogens (tertiary/aromatic N) is 7. The lowest BCUT2D eigenvalue weighted by Gasteiger charge is -2.47. The number of fused-ring (bicyclic) bond motifs is 1. The number of anilines is 1. The van der Waals surface area contributed by atoms with E-state index in [1.165, 1.54) is 25.9 Å². The number of halogens is 2. The normalized spacial score (nSPS) is 20.5. The second-order valence-corrected chi connectivity index (χ2v) is 10.6. The highest BCUT2D eigenvalue weighted by molar-refractivity contribution is 6.35. The first kappa shape index (κ1) is 23.3. The summed E-state index contributed by atoms with van der Waals surface area (Å²) in [6, 6.07) is 7.94. The Morgan fingerprint density at radius 1 is 1.12 bits per heavy atom. The number of hydrogen-bond acceptors (Lipinski definition) is 6. The van der Waals surface area contributed by atoms with Gasteiger partial charge in [0.15, 0.2) is 11.3 Å². The summed E-state index contributed by atoms with van der Waals surface area (Å²) in [6.07, 6.45) is 4.36. The number of likely N-dealkylation sites (tertiary alicyclic amines) is 1. The van der Waals surface area contributed by atoms with Crippen LogP contribution in [0.1, 0.15) is 50.9 Å². The lowest BCUT2D eigenvalue weighted by Crippen LogP contribution is -2.54. The van der Waals surface area contributed by atoms with E-state index < -0.39 is 0 Å². The molecular weight excluding hydrogens is 469 g/mol. The van der Waals surface area contributed by atoms with Gasteiger partial charge in [0, 0.05) is 35.7 Å². The molecule has 178 valence electrons. The quantitative estimate of drug-likeness (QED) is 0.483. The summed E-state index contributed by atoms with van der Waals surface area (Å²) in [5.41, 5.74) is 2.24. The van der Waals surface area contributed by atoms with Crippen molar-refractivity contribution in [3.05, 3.63) is 45.7 Å². The topological polar surface area (TPSA) is 73.9 Å². The molecule has 4 heterocycles. The maximum atomic E-state index is 9.62. The molecule has 0 saturated carbocycles. The molecule has 3 aromatic rings. The van der Waals surface area contributed by atoms with Gasteiger partial charge in [0.25, 0.3) is 0 Å². The predicted molar refractivity (Wildman–Crippen MR) is 135 cm³/mol. The van der Waals surface area contributed by atoms with Crippen molar-refractivity contribution in [2.24, 2.45) is 11.8 Å². The zero-order chi connectivity index (χ0) is 24.0. The highest BCUT2D eigenvalue weighted by atomic mass is 35.5. The zero-order valence-electron chi connectivity index (χ0n) is 19.7. The summed E-state index contributed by atoms with van der Waals surface area (Å²) in [4.78, 5) is 14.4. The third-order valence-corrected chi connectivity index (χ3v) is 7.96. The SMILES string of the molecule is CC(C)N1CCC[C@H](C2CN(c3cnc4c(C#N)nn([C@H](C)c5ccc(Cl)cc5Cl)c4n3)C2)C1. The van der Waals surface area contributed by atoms with Crippen LogP contribution >= 0.6 is 23.2 Å². The Morgan fingerprint density at radius 2 is 1.91 bits per heavy atom. The summed E-state index contributed by atoms with van der Waals surface area (Å²) in [5.74, 6) is 2.26. The molecule has 2 aliphatic rings. The first-order valence-corrected chi connectivity index (χ1v) is 12.7. The van der Waals surface area contributed by atoms with E-state index in [-0.39, 0.29) is 11.7 Å². The Balaban J connectivity index is 1.39. The van der Waals surface area contributed by atoms with Gasteiger partial charge in [0.1, 0.15) is 17.4 Å². The summed E-state index contributed by atoms with van der Waals surface area (Å²) in [7, 11) is 0. The number of hydrogen-bond donors (Lipinski definition) is 0. The van der Waals surface area contributed by atoms with Crippen LogP contribution in [0, 0.1) is 23.2 Å². The minimum absolute atomic E-state index is 0.229. The Bertz CT molecular complexity index is 1240. The van der Waals surface area contributed by atoms with Gasteiger partial charge in [-0.3, -0.25) is 0 Å². The fourth-order valence-corrected chi connectivity index (χ4v) is 5.83. The van der Waals surface area contributed by atoms with Crippen molar-refractivity contribution in [2.45, 2.75) is 45.7 Å². The molecule has 0 unspecified atom stereocenters. The average Bonchev–Trinajstić information content (AvgIpc) is 3.16. The van der Waals surface area contributed by atoms with Crippen LogP contribution in [0.4, 0.5) is 5.82 Å². The van der Waals surface area contributed by atoms with Gasteiger partial charge in [-0.25, -0.2) is 14.6 Å². The van der Waals surface area contributed by atoms with Crippen LogP contribution in [0.5, 0.6) is 0 Å². The second-order valence-electron chi connectivity index (χ2n) is 9.80. The highest BCUT2D eigenvalue weighted by Gasteiger charge is 2.37. The highest BCUT2D eigenvalue weighted by Crippen LogP contribution is 2.35. The van der Waals surface area contributed by atoms with Gasteiger partial charge < -0.3 is 9.80 Å². The van der Waals surface area contributed by atoms with Crippen LogP contribution in [0.3, 0.4) is 0 Å². The molecular formula is C25H29Cl2N7. The van der Waals surface area contributed by atoms with Gasteiger partial charge in [0.05, 0.1) is 12.2 Å². The first-order valence-electron chi connectivity index (χ1n) is 11.9. The fraction of sp³-hybridized carbons (Fsp3) is 0.520. The van der Waals surface area contributed by atoms with Gasteiger partial charge in [-0.15, -0.1) is 0 Å². The average molecular weight is 498 g/mol. The molecule has 0 bridgehead atoms. The van der Waals surface area contributed by atoms with E-state index in [2.05, 4.69) is 39.8 Å². The maximum Gasteiger partial charge on any atom is 0.190 e. The largest absolute Gasteiger partial charge is 0.355 e. The molecule has 0 amide bonds. The zero-order valence-corrected chi connectivity index (χ0v) is 21.3. The number of nitriles is 1. The van der Waals surface area contributed by atoms with E-state index in [1.54, 1.807) is 23.0 Å². The van der Waals surface area contributed by atoms with Gasteiger partial charge >= 0.3 is 0 Å². The first-order chi connectivity index (χ1) is 16.4. The third kappa shape index (κ3) is 4.24. The van der Waals surface area contributed by atoms with Crippen LogP contribution in [-0.2, 0) is 0 Å². The van der Waals surface area contributed by atoms with Crippen molar-refractivity contribution in [3.8, 4) is 6.07 Å². The third-order valence-electron chi connectivity index (χ3n) is 7.40. The molecule has 9 heteroatoms. The smallest absolute Gasteiger partial charge is 0.190 e. The van der Waals surface area contributed by atoms with Crippen molar-refractivity contribution in [1.29, 1.82) is 5.26 Å². The number of aromatic nitrogens is 4. The van der Waals surface area contributed by atoms with Crippen molar-refractivity contribution < 1.29 is 0 Å². The summed E-state index contributed by atoms with van der Waals surface area (Å²) < 4.78 is 1.75. The molecule has 7 nitrogen and oxygen atoms in total. The molecule has 34 heavy (non-hydrogen) atoms. The minimum Gasteiger partial charge on any atom is -0.355 e. The molecule has 2 atom stereocenters. The van der Waals surface area contributed by atoms with Crippen LogP contribution in [0.25, 0.3) is 11.2 Å². The maximum absolute atomic E-state index is 9.62. The van der Waals surface area contributed by atoms with Crippen molar-refractivity contribution in [2.75, 3.05) is 31.1 Å². The number of piperidine rings is 1. The standard InChI is InChI=1S/C25H29Cl2N7/c1-15(2)32-8-4-5-17(12-32)18-13-33(14-18)23-11-29-24-22(10-28)31-34(25(24)30-23)16(3)20-7-6-19(26)9-21(20)27/h6-7,9,11,15-18H,4-5,8,12-14H2,1-3H3/t16-,17+/m1/s1. The molecule has 2 aromatic heterocycles. The summed E-state index contributed by atoms with van der Waals surface area (Å²) >= 11 is 12.5. The molecule has 2 fully saturated rings.